The monoisotopic (exact) mass is 476 g/mol. The average Bonchev–Trinajstić information content (AvgIpc) is 2.79. The van der Waals surface area contributed by atoms with Crippen LogP contribution in [0.5, 0.6) is 0 Å². The number of ether oxygens (including phenoxy) is 2. The molecule has 0 spiro atoms. The summed E-state index contributed by atoms with van der Waals surface area (Å²) in [6.45, 7) is 1.34. The summed E-state index contributed by atoms with van der Waals surface area (Å²) in [5.41, 5.74) is 1.89. The summed E-state index contributed by atoms with van der Waals surface area (Å²) in [6.07, 6.45) is 5.28. The first-order chi connectivity index (χ1) is 15.4. The van der Waals surface area contributed by atoms with Crippen LogP contribution in [0.2, 0.25) is 10.0 Å². The van der Waals surface area contributed by atoms with Crippen molar-refractivity contribution in [1.82, 2.24) is 0 Å². The van der Waals surface area contributed by atoms with Gasteiger partial charge >= 0.3 is 5.97 Å². The first-order valence-corrected chi connectivity index (χ1v) is 11.2. The van der Waals surface area contributed by atoms with Crippen molar-refractivity contribution in [3.63, 3.8) is 0 Å². The van der Waals surface area contributed by atoms with Crippen LogP contribution in [0.3, 0.4) is 0 Å². The van der Waals surface area contributed by atoms with Gasteiger partial charge in [0.05, 0.1) is 27.1 Å². The summed E-state index contributed by atoms with van der Waals surface area (Å²) in [6, 6.07) is 12.8. The number of hydrogen-bond acceptors (Lipinski definition) is 4. The third-order valence-electron chi connectivity index (χ3n) is 5.88. The van der Waals surface area contributed by atoms with E-state index in [1.54, 1.807) is 31.4 Å². The Bertz CT molecular complexity index is 958. The summed E-state index contributed by atoms with van der Waals surface area (Å²) >= 11 is 12.2. The van der Waals surface area contributed by atoms with E-state index in [2.05, 4.69) is 0 Å². The highest BCUT2D eigenvalue weighted by Crippen LogP contribution is 2.35. The van der Waals surface area contributed by atoms with E-state index in [9.17, 15) is 14.7 Å². The van der Waals surface area contributed by atoms with Gasteiger partial charge in [-0.05, 0) is 29.7 Å². The molecular weight excluding hydrogens is 451 g/mol. The Morgan fingerprint density at radius 3 is 2.31 bits per heavy atom. The minimum atomic E-state index is -1.04. The van der Waals surface area contributed by atoms with Crippen molar-refractivity contribution in [2.45, 2.75) is 31.3 Å². The van der Waals surface area contributed by atoms with Crippen LogP contribution < -0.4 is 0 Å². The summed E-state index contributed by atoms with van der Waals surface area (Å²) < 4.78 is 11.3. The third-order valence-corrected chi connectivity index (χ3v) is 6.51. The smallest absolute Gasteiger partial charge is 0.307 e. The summed E-state index contributed by atoms with van der Waals surface area (Å²) in [4.78, 5) is 24.3. The van der Waals surface area contributed by atoms with Gasteiger partial charge in [-0.1, -0.05) is 65.7 Å². The van der Waals surface area contributed by atoms with Crippen LogP contribution in [0.25, 0.3) is 6.08 Å². The predicted octanol–water partition coefficient (Wildman–Crippen LogP) is 6.02. The van der Waals surface area contributed by atoms with Crippen LogP contribution in [0.1, 0.15) is 47.2 Å². The molecule has 0 bridgehead atoms. The zero-order chi connectivity index (χ0) is 23.1. The molecule has 0 radical (unpaired) electrons. The van der Waals surface area contributed by atoms with Crippen molar-refractivity contribution in [1.29, 1.82) is 0 Å². The predicted molar refractivity (Wildman–Crippen MR) is 125 cm³/mol. The van der Waals surface area contributed by atoms with E-state index in [0.29, 0.717) is 13.2 Å². The van der Waals surface area contributed by atoms with Gasteiger partial charge in [0.2, 0.25) is 0 Å². The van der Waals surface area contributed by atoms with Gasteiger partial charge in [-0.3, -0.25) is 9.59 Å². The highest BCUT2D eigenvalue weighted by atomic mass is 35.5. The lowest BCUT2D eigenvalue weighted by Crippen LogP contribution is -2.35. The van der Waals surface area contributed by atoms with Crippen LogP contribution >= 0.6 is 23.2 Å². The minimum absolute atomic E-state index is 0.168. The number of hydrogen-bond donors (Lipinski definition) is 1. The lowest BCUT2D eigenvalue weighted by atomic mass is 9.85. The molecular formula is C25H26Cl2O5. The molecule has 0 unspecified atom stereocenters. The molecule has 2 aromatic rings. The summed E-state index contributed by atoms with van der Waals surface area (Å²) in [5.74, 6) is -2.29. The fourth-order valence-electron chi connectivity index (χ4n) is 3.94. The molecule has 0 aromatic heterocycles. The van der Waals surface area contributed by atoms with Gasteiger partial charge in [0.15, 0.2) is 5.78 Å². The molecule has 2 aromatic carbocycles. The maximum absolute atomic E-state index is 12.6. The van der Waals surface area contributed by atoms with E-state index < -0.39 is 11.9 Å². The van der Waals surface area contributed by atoms with Gasteiger partial charge in [0, 0.05) is 39.6 Å². The van der Waals surface area contributed by atoms with Crippen molar-refractivity contribution in [3.05, 3.63) is 75.3 Å². The molecule has 1 atom stereocenters. The van der Waals surface area contributed by atoms with Gasteiger partial charge in [0.1, 0.15) is 0 Å². The van der Waals surface area contributed by atoms with Crippen LogP contribution in [-0.2, 0) is 19.9 Å². The van der Waals surface area contributed by atoms with Crippen LogP contribution in [0.15, 0.2) is 48.5 Å². The highest BCUT2D eigenvalue weighted by molar-refractivity contribution is 6.39. The second-order valence-electron chi connectivity index (χ2n) is 7.83. The van der Waals surface area contributed by atoms with E-state index >= 15 is 0 Å². The van der Waals surface area contributed by atoms with Gasteiger partial charge in [0.25, 0.3) is 0 Å². The lowest BCUT2D eigenvalue weighted by Gasteiger charge is -2.36. The second-order valence-corrected chi connectivity index (χ2v) is 8.64. The van der Waals surface area contributed by atoms with Crippen molar-refractivity contribution in [2.24, 2.45) is 5.92 Å². The van der Waals surface area contributed by atoms with Crippen LogP contribution in [0.4, 0.5) is 0 Å². The Labute approximate surface area is 197 Å². The Kier molecular flexibility index (Phi) is 8.49. The molecule has 1 fully saturated rings. The van der Waals surface area contributed by atoms with Crippen LogP contribution in [0, 0.1) is 5.92 Å². The maximum atomic E-state index is 12.6. The number of carboxylic acids is 1. The van der Waals surface area contributed by atoms with E-state index in [1.807, 2.05) is 30.3 Å². The number of ketones is 1. The molecule has 0 amide bonds. The van der Waals surface area contributed by atoms with Gasteiger partial charge in [-0.25, -0.2) is 0 Å². The quantitative estimate of drug-likeness (QED) is 0.447. The number of methoxy groups -OCH3 is 1. The van der Waals surface area contributed by atoms with Gasteiger partial charge in [-0.15, -0.1) is 0 Å². The highest BCUT2D eigenvalue weighted by Gasteiger charge is 2.34. The van der Waals surface area contributed by atoms with Crippen molar-refractivity contribution >= 4 is 41.0 Å². The maximum Gasteiger partial charge on any atom is 0.307 e. The molecule has 1 N–H and O–H groups in total. The zero-order valence-electron chi connectivity index (χ0n) is 17.9. The number of carbonyl (C=O) groups excluding carboxylic acids is 1. The molecule has 3 rings (SSSR count). The topological polar surface area (TPSA) is 72.8 Å². The fourth-order valence-corrected chi connectivity index (χ4v) is 4.55. The number of aliphatic carboxylic acids is 1. The van der Waals surface area contributed by atoms with Crippen LogP contribution in [-0.4, -0.2) is 37.2 Å². The Morgan fingerprint density at radius 1 is 1.12 bits per heavy atom. The van der Waals surface area contributed by atoms with Crippen molar-refractivity contribution < 1.29 is 24.2 Å². The molecule has 1 aliphatic rings. The molecule has 1 saturated heterocycles. The Hall–Kier alpha value is -2.18. The Morgan fingerprint density at radius 2 is 1.75 bits per heavy atom. The molecule has 1 aliphatic heterocycles. The first kappa shape index (κ1) is 24.5. The normalized spacial score (nSPS) is 16.7. The lowest BCUT2D eigenvalue weighted by molar-refractivity contribution is -0.141. The number of allylic oxidation sites excluding steroid dienone is 1. The summed E-state index contributed by atoms with van der Waals surface area (Å²) in [5, 5.41) is 10.0. The van der Waals surface area contributed by atoms with Crippen molar-refractivity contribution in [2.75, 3.05) is 20.3 Å². The molecule has 1 heterocycles. The van der Waals surface area contributed by atoms with E-state index in [0.717, 1.165) is 24.0 Å². The molecule has 0 aliphatic carbocycles. The van der Waals surface area contributed by atoms with Gasteiger partial charge < -0.3 is 14.6 Å². The Balaban J connectivity index is 1.65. The second kappa shape index (κ2) is 11.1. The number of carboxylic acid groups (broad SMARTS) is 1. The fraction of sp³-hybridized carbons (Fsp3) is 0.360. The number of carbonyl (C=O) groups is 2. The molecule has 32 heavy (non-hydrogen) atoms. The number of halogens is 2. The number of rotatable bonds is 9. The van der Waals surface area contributed by atoms with E-state index in [4.69, 9.17) is 32.7 Å². The zero-order valence-corrected chi connectivity index (χ0v) is 19.4. The van der Waals surface area contributed by atoms with Crippen molar-refractivity contribution in [3.8, 4) is 0 Å². The third kappa shape index (κ3) is 5.78. The molecule has 0 saturated carbocycles. The average molecular weight is 477 g/mol. The number of Topliss-reactive ketones (excluding diaryl/α,β-unsaturated/α-hetero) is 1. The molecule has 5 nitrogen and oxygen atoms in total. The molecule has 7 heteroatoms. The van der Waals surface area contributed by atoms with Gasteiger partial charge in [-0.2, -0.15) is 0 Å². The standard InChI is InChI=1S/C25H26Cl2O5/c1-31-25(12-14-32-15-13-25)19-10-8-17(9-11-19)4-2-5-18(24(29)30)16-22(28)23-20(26)6-3-7-21(23)27/h2-4,6-11,18H,5,12-16H2,1H3,(H,29,30)/b4-2+/t18-/m1/s1. The largest absolute Gasteiger partial charge is 0.481 e. The molecule has 170 valence electrons. The first-order valence-electron chi connectivity index (χ1n) is 10.5. The minimum Gasteiger partial charge on any atom is -0.481 e. The summed E-state index contributed by atoms with van der Waals surface area (Å²) in [7, 11) is 1.72. The van der Waals surface area contributed by atoms with E-state index in [1.165, 1.54) is 0 Å². The SMILES string of the molecule is COC1(c2ccc(/C=C/C[C@H](CC(=O)c3c(Cl)cccc3Cl)C(=O)O)cc2)CCOCC1. The van der Waals surface area contributed by atoms with E-state index in [-0.39, 0.29) is 39.8 Å². The number of benzene rings is 2.